The number of hydrogen-bond donors (Lipinski definition) is 1. The summed E-state index contributed by atoms with van der Waals surface area (Å²) in [7, 11) is 0. The summed E-state index contributed by atoms with van der Waals surface area (Å²) in [6.07, 6.45) is 0. The Labute approximate surface area is 92.6 Å². The molecule has 0 saturated carbocycles. The van der Waals surface area contributed by atoms with Crippen LogP contribution < -0.4 is 10.1 Å². The van der Waals surface area contributed by atoms with Crippen LogP contribution in [-0.2, 0) is 0 Å². The lowest BCUT2D eigenvalue weighted by Gasteiger charge is -2.22. The molecule has 0 heterocycles. The third-order valence-corrected chi connectivity index (χ3v) is 1.99. The smallest absolute Gasteiger partial charge is 0.120 e. The average Bonchev–Trinajstić information content (AvgIpc) is 2.07. The van der Waals surface area contributed by atoms with E-state index in [9.17, 15) is 0 Å². The SMILES string of the molecule is CCNc1ccc(OC(C)(C)C)cc1C. The maximum atomic E-state index is 5.79. The molecular formula is C13H21NO. The van der Waals surface area contributed by atoms with Gasteiger partial charge in [-0.05, 0) is 58.4 Å². The van der Waals surface area contributed by atoms with E-state index in [1.54, 1.807) is 0 Å². The lowest BCUT2D eigenvalue weighted by molar-refractivity contribution is 0.131. The second kappa shape index (κ2) is 4.56. The van der Waals surface area contributed by atoms with Gasteiger partial charge in [-0.2, -0.15) is 0 Å². The van der Waals surface area contributed by atoms with E-state index in [0.29, 0.717) is 0 Å². The van der Waals surface area contributed by atoms with Crippen molar-refractivity contribution in [3.8, 4) is 5.75 Å². The Morgan fingerprint density at radius 1 is 1.27 bits per heavy atom. The van der Waals surface area contributed by atoms with Gasteiger partial charge in [-0.3, -0.25) is 0 Å². The van der Waals surface area contributed by atoms with Crippen molar-refractivity contribution in [3.63, 3.8) is 0 Å². The van der Waals surface area contributed by atoms with Crippen LogP contribution in [0.1, 0.15) is 33.3 Å². The number of nitrogens with one attached hydrogen (secondary N) is 1. The first-order chi connectivity index (χ1) is 6.92. The van der Waals surface area contributed by atoms with E-state index < -0.39 is 0 Å². The number of rotatable bonds is 3. The number of aryl methyl sites for hydroxylation is 1. The first kappa shape index (κ1) is 11.9. The quantitative estimate of drug-likeness (QED) is 0.817. The molecule has 0 amide bonds. The number of ether oxygens (including phenoxy) is 1. The third-order valence-electron chi connectivity index (χ3n) is 1.99. The first-order valence-corrected chi connectivity index (χ1v) is 5.46. The van der Waals surface area contributed by atoms with E-state index in [-0.39, 0.29) is 5.60 Å². The Morgan fingerprint density at radius 3 is 2.40 bits per heavy atom. The predicted octanol–water partition coefficient (Wildman–Crippen LogP) is 3.60. The fourth-order valence-corrected chi connectivity index (χ4v) is 1.44. The molecule has 0 fully saturated rings. The van der Waals surface area contributed by atoms with Crippen LogP contribution in [0.3, 0.4) is 0 Å². The van der Waals surface area contributed by atoms with Gasteiger partial charge >= 0.3 is 0 Å². The van der Waals surface area contributed by atoms with E-state index in [2.05, 4.69) is 52.1 Å². The van der Waals surface area contributed by atoms with Crippen molar-refractivity contribution in [2.75, 3.05) is 11.9 Å². The molecule has 0 aliphatic rings. The topological polar surface area (TPSA) is 21.3 Å². The predicted molar refractivity (Wildman–Crippen MR) is 65.7 cm³/mol. The summed E-state index contributed by atoms with van der Waals surface area (Å²) in [6, 6.07) is 6.15. The van der Waals surface area contributed by atoms with Crippen molar-refractivity contribution in [2.24, 2.45) is 0 Å². The molecule has 0 atom stereocenters. The Bertz CT molecular complexity index is 326. The second-order valence-corrected chi connectivity index (χ2v) is 4.72. The summed E-state index contributed by atoms with van der Waals surface area (Å²) in [6.45, 7) is 11.3. The second-order valence-electron chi connectivity index (χ2n) is 4.72. The highest BCUT2D eigenvalue weighted by atomic mass is 16.5. The molecule has 1 aromatic carbocycles. The monoisotopic (exact) mass is 207 g/mol. The van der Waals surface area contributed by atoms with Gasteiger partial charge in [0, 0.05) is 12.2 Å². The molecule has 0 unspecified atom stereocenters. The molecule has 0 aromatic heterocycles. The number of anilines is 1. The van der Waals surface area contributed by atoms with Gasteiger partial charge in [0.25, 0.3) is 0 Å². The minimum atomic E-state index is -0.133. The van der Waals surface area contributed by atoms with Crippen molar-refractivity contribution in [3.05, 3.63) is 23.8 Å². The maximum Gasteiger partial charge on any atom is 0.120 e. The summed E-state index contributed by atoms with van der Waals surface area (Å²) in [5, 5.41) is 3.31. The van der Waals surface area contributed by atoms with Crippen molar-refractivity contribution >= 4 is 5.69 Å². The van der Waals surface area contributed by atoms with Gasteiger partial charge in [-0.25, -0.2) is 0 Å². The average molecular weight is 207 g/mol. The highest BCUT2D eigenvalue weighted by molar-refractivity contribution is 5.53. The lowest BCUT2D eigenvalue weighted by atomic mass is 10.1. The minimum Gasteiger partial charge on any atom is -0.488 e. The molecule has 15 heavy (non-hydrogen) atoms. The summed E-state index contributed by atoms with van der Waals surface area (Å²) in [5.74, 6) is 0.932. The van der Waals surface area contributed by atoms with Crippen LogP contribution in [0.25, 0.3) is 0 Å². The van der Waals surface area contributed by atoms with Crippen molar-refractivity contribution in [2.45, 2.75) is 40.2 Å². The van der Waals surface area contributed by atoms with Crippen LogP contribution >= 0.6 is 0 Å². The highest BCUT2D eigenvalue weighted by Crippen LogP contribution is 2.24. The summed E-state index contributed by atoms with van der Waals surface area (Å²) in [4.78, 5) is 0. The fraction of sp³-hybridized carbons (Fsp3) is 0.538. The molecular weight excluding hydrogens is 186 g/mol. The standard InChI is InChI=1S/C13H21NO/c1-6-14-12-8-7-11(9-10(12)2)15-13(3,4)5/h7-9,14H,6H2,1-5H3. The van der Waals surface area contributed by atoms with Crippen LogP contribution in [-0.4, -0.2) is 12.1 Å². The molecule has 0 bridgehead atoms. The third kappa shape index (κ3) is 3.82. The van der Waals surface area contributed by atoms with E-state index >= 15 is 0 Å². The largest absolute Gasteiger partial charge is 0.488 e. The van der Waals surface area contributed by atoms with Gasteiger partial charge in [0.15, 0.2) is 0 Å². The molecule has 1 rings (SSSR count). The van der Waals surface area contributed by atoms with Crippen molar-refractivity contribution in [1.82, 2.24) is 0 Å². The van der Waals surface area contributed by atoms with Gasteiger partial charge < -0.3 is 10.1 Å². The van der Waals surface area contributed by atoms with E-state index in [0.717, 1.165) is 12.3 Å². The van der Waals surface area contributed by atoms with Gasteiger partial charge in [-0.1, -0.05) is 0 Å². The highest BCUT2D eigenvalue weighted by Gasteiger charge is 2.12. The Hall–Kier alpha value is -1.18. The zero-order valence-electron chi connectivity index (χ0n) is 10.3. The summed E-state index contributed by atoms with van der Waals surface area (Å²) >= 11 is 0. The van der Waals surface area contributed by atoms with Crippen LogP contribution in [0.5, 0.6) is 5.75 Å². The molecule has 2 heteroatoms. The van der Waals surface area contributed by atoms with Crippen molar-refractivity contribution < 1.29 is 4.74 Å². The van der Waals surface area contributed by atoms with E-state index in [4.69, 9.17) is 4.74 Å². The van der Waals surface area contributed by atoms with Crippen LogP contribution in [0.4, 0.5) is 5.69 Å². The zero-order chi connectivity index (χ0) is 11.5. The molecule has 0 aliphatic heterocycles. The van der Waals surface area contributed by atoms with Gasteiger partial charge in [-0.15, -0.1) is 0 Å². The Morgan fingerprint density at radius 2 is 1.93 bits per heavy atom. The Balaban J connectivity index is 2.82. The molecule has 1 aromatic rings. The molecule has 0 spiro atoms. The maximum absolute atomic E-state index is 5.79. The van der Waals surface area contributed by atoms with Gasteiger partial charge in [0.1, 0.15) is 11.4 Å². The zero-order valence-corrected chi connectivity index (χ0v) is 10.3. The van der Waals surface area contributed by atoms with E-state index in [1.165, 1.54) is 11.3 Å². The van der Waals surface area contributed by atoms with Gasteiger partial charge in [0.05, 0.1) is 0 Å². The molecule has 1 N–H and O–H groups in total. The fourth-order valence-electron chi connectivity index (χ4n) is 1.44. The normalized spacial score (nSPS) is 11.3. The first-order valence-electron chi connectivity index (χ1n) is 5.46. The van der Waals surface area contributed by atoms with Crippen LogP contribution in [0, 0.1) is 6.92 Å². The minimum absolute atomic E-state index is 0.133. The Kier molecular flexibility index (Phi) is 3.61. The summed E-state index contributed by atoms with van der Waals surface area (Å²) in [5.41, 5.74) is 2.27. The molecule has 0 aliphatic carbocycles. The molecule has 0 saturated heterocycles. The summed E-state index contributed by atoms with van der Waals surface area (Å²) < 4.78 is 5.79. The van der Waals surface area contributed by atoms with Crippen LogP contribution in [0.2, 0.25) is 0 Å². The number of hydrogen-bond acceptors (Lipinski definition) is 2. The van der Waals surface area contributed by atoms with Gasteiger partial charge in [0.2, 0.25) is 0 Å². The molecule has 0 radical (unpaired) electrons. The molecule has 84 valence electrons. The molecule has 2 nitrogen and oxygen atoms in total. The van der Waals surface area contributed by atoms with Crippen LogP contribution in [0.15, 0.2) is 18.2 Å². The lowest BCUT2D eigenvalue weighted by Crippen LogP contribution is -2.22. The van der Waals surface area contributed by atoms with Crippen molar-refractivity contribution in [1.29, 1.82) is 0 Å². The van der Waals surface area contributed by atoms with E-state index in [1.807, 2.05) is 6.07 Å². The number of benzene rings is 1.